The molecule has 0 aromatic carbocycles. The van der Waals surface area contributed by atoms with E-state index in [4.69, 9.17) is 0 Å². The molecule has 0 aromatic heterocycles. The fraction of sp³-hybridized carbons (Fsp3) is 0.938. The van der Waals surface area contributed by atoms with Gasteiger partial charge in [0, 0.05) is 17.2 Å². The third-order valence-electron chi connectivity index (χ3n) is 4.42. The van der Waals surface area contributed by atoms with Gasteiger partial charge in [-0.15, -0.1) is 0 Å². The number of carbonyl (C=O) groups excluding carboxylic acids is 1. The molecule has 19 heavy (non-hydrogen) atoms. The van der Waals surface area contributed by atoms with Crippen molar-refractivity contribution in [2.75, 3.05) is 6.26 Å². The van der Waals surface area contributed by atoms with Gasteiger partial charge in [0.1, 0.15) is 0 Å². The molecule has 1 saturated carbocycles. The van der Waals surface area contributed by atoms with Gasteiger partial charge in [-0.05, 0) is 44.3 Å². The van der Waals surface area contributed by atoms with E-state index < -0.39 is 0 Å². The van der Waals surface area contributed by atoms with Crippen LogP contribution >= 0.6 is 11.8 Å². The number of rotatable bonds is 7. The lowest BCUT2D eigenvalue weighted by atomic mass is 9.82. The van der Waals surface area contributed by atoms with Crippen LogP contribution < -0.4 is 5.32 Å². The van der Waals surface area contributed by atoms with Gasteiger partial charge >= 0.3 is 0 Å². The Balaban J connectivity index is 2.47. The second-order valence-electron chi connectivity index (χ2n) is 6.04. The van der Waals surface area contributed by atoms with E-state index in [1.54, 1.807) is 0 Å². The molecule has 1 amide bonds. The lowest BCUT2D eigenvalue weighted by Crippen LogP contribution is -2.41. The van der Waals surface area contributed by atoms with Crippen molar-refractivity contribution in [3.8, 4) is 0 Å². The summed E-state index contributed by atoms with van der Waals surface area (Å²) >= 11 is 1.93. The Morgan fingerprint density at radius 1 is 1.26 bits per heavy atom. The third kappa shape index (κ3) is 5.37. The molecule has 112 valence electrons. The molecule has 0 radical (unpaired) electrons. The Labute approximate surface area is 123 Å². The van der Waals surface area contributed by atoms with Gasteiger partial charge in [0.05, 0.1) is 0 Å². The molecular formula is C16H31NOS. The minimum absolute atomic E-state index is 0.255. The van der Waals surface area contributed by atoms with Crippen LogP contribution in [0.1, 0.15) is 65.7 Å². The zero-order valence-electron chi connectivity index (χ0n) is 13.1. The highest BCUT2D eigenvalue weighted by molar-refractivity contribution is 7.99. The summed E-state index contributed by atoms with van der Waals surface area (Å²) in [4.78, 5) is 12.4. The molecule has 1 rings (SSSR count). The van der Waals surface area contributed by atoms with E-state index >= 15 is 0 Å². The Morgan fingerprint density at radius 2 is 1.89 bits per heavy atom. The molecule has 3 heteroatoms. The summed E-state index contributed by atoms with van der Waals surface area (Å²) in [5.41, 5.74) is 0. The lowest BCUT2D eigenvalue weighted by Gasteiger charge is -2.33. The molecule has 0 spiro atoms. The van der Waals surface area contributed by atoms with Gasteiger partial charge in [0.15, 0.2) is 0 Å². The van der Waals surface area contributed by atoms with E-state index in [-0.39, 0.29) is 5.92 Å². The first-order chi connectivity index (χ1) is 9.12. The second kappa shape index (κ2) is 8.89. The molecule has 0 aromatic rings. The van der Waals surface area contributed by atoms with Crippen molar-refractivity contribution in [3.63, 3.8) is 0 Å². The van der Waals surface area contributed by atoms with E-state index in [9.17, 15) is 4.79 Å². The number of amides is 1. The zero-order valence-corrected chi connectivity index (χ0v) is 13.9. The second-order valence-corrected chi connectivity index (χ2v) is 7.12. The quantitative estimate of drug-likeness (QED) is 0.758. The maximum absolute atomic E-state index is 12.4. The standard InChI is InChI=1S/C16H31NOS/c1-5-7-14(8-6-2)17-16(18)13-10-9-12(3)15(11-13)19-4/h12-15H,5-11H2,1-4H3,(H,17,18). The predicted molar refractivity (Wildman–Crippen MR) is 85.6 cm³/mol. The Kier molecular flexibility index (Phi) is 7.89. The maximum atomic E-state index is 12.4. The summed E-state index contributed by atoms with van der Waals surface area (Å²) in [6.07, 6.45) is 10.1. The fourth-order valence-corrected chi connectivity index (χ4v) is 4.18. The van der Waals surface area contributed by atoms with Crippen molar-refractivity contribution in [3.05, 3.63) is 0 Å². The van der Waals surface area contributed by atoms with Crippen LogP contribution in [-0.2, 0) is 4.79 Å². The summed E-state index contributed by atoms with van der Waals surface area (Å²) in [5, 5.41) is 3.97. The van der Waals surface area contributed by atoms with Crippen molar-refractivity contribution < 1.29 is 4.79 Å². The van der Waals surface area contributed by atoms with Gasteiger partial charge in [0.25, 0.3) is 0 Å². The smallest absolute Gasteiger partial charge is 0.223 e. The SMILES string of the molecule is CCCC(CCC)NC(=O)C1CCC(C)C(SC)C1. The zero-order chi connectivity index (χ0) is 14.3. The Bertz CT molecular complexity index is 263. The van der Waals surface area contributed by atoms with Crippen LogP contribution in [-0.4, -0.2) is 23.5 Å². The van der Waals surface area contributed by atoms with Crippen molar-refractivity contribution in [2.24, 2.45) is 11.8 Å². The van der Waals surface area contributed by atoms with Crippen LogP contribution in [0.25, 0.3) is 0 Å². The maximum Gasteiger partial charge on any atom is 0.223 e. The Hall–Kier alpha value is -0.180. The molecule has 0 bridgehead atoms. The van der Waals surface area contributed by atoms with Gasteiger partial charge < -0.3 is 5.32 Å². The number of hydrogen-bond acceptors (Lipinski definition) is 2. The number of nitrogens with one attached hydrogen (secondary N) is 1. The molecule has 3 atom stereocenters. The van der Waals surface area contributed by atoms with E-state index in [0.717, 1.165) is 44.4 Å². The van der Waals surface area contributed by atoms with E-state index in [2.05, 4.69) is 32.3 Å². The van der Waals surface area contributed by atoms with Crippen LogP contribution in [0.5, 0.6) is 0 Å². The van der Waals surface area contributed by atoms with Crippen molar-refractivity contribution in [1.82, 2.24) is 5.32 Å². The highest BCUT2D eigenvalue weighted by Crippen LogP contribution is 2.35. The molecule has 1 aliphatic carbocycles. The minimum Gasteiger partial charge on any atom is -0.353 e. The largest absolute Gasteiger partial charge is 0.353 e. The molecule has 1 aliphatic rings. The molecule has 1 N–H and O–H groups in total. The summed E-state index contributed by atoms with van der Waals surface area (Å²) in [5.74, 6) is 1.34. The first-order valence-electron chi connectivity index (χ1n) is 7.95. The third-order valence-corrected chi connectivity index (χ3v) is 5.68. The average molecular weight is 285 g/mol. The summed E-state index contributed by atoms with van der Waals surface area (Å²) in [7, 11) is 0. The number of carbonyl (C=O) groups is 1. The number of thioether (sulfide) groups is 1. The van der Waals surface area contributed by atoms with Crippen molar-refractivity contribution >= 4 is 17.7 Å². The van der Waals surface area contributed by atoms with Gasteiger partial charge in [-0.1, -0.05) is 33.6 Å². The normalized spacial score (nSPS) is 27.5. The van der Waals surface area contributed by atoms with Crippen LogP contribution in [0, 0.1) is 11.8 Å². The fourth-order valence-electron chi connectivity index (χ4n) is 3.15. The van der Waals surface area contributed by atoms with Crippen LogP contribution in [0.3, 0.4) is 0 Å². The highest BCUT2D eigenvalue weighted by Gasteiger charge is 2.31. The monoisotopic (exact) mass is 285 g/mol. The highest BCUT2D eigenvalue weighted by atomic mass is 32.2. The van der Waals surface area contributed by atoms with Gasteiger partial charge in [-0.25, -0.2) is 0 Å². The summed E-state index contributed by atoms with van der Waals surface area (Å²) in [6.45, 7) is 6.72. The van der Waals surface area contributed by atoms with Crippen LogP contribution in [0.2, 0.25) is 0 Å². The molecule has 1 fully saturated rings. The van der Waals surface area contributed by atoms with Gasteiger partial charge in [-0.2, -0.15) is 11.8 Å². The molecule has 3 unspecified atom stereocenters. The topological polar surface area (TPSA) is 29.1 Å². The van der Waals surface area contributed by atoms with Gasteiger partial charge in [-0.3, -0.25) is 4.79 Å². The molecular weight excluding hydrogens is 254 g/mol. The van der Waals surface area contributed by atoms with Crippen LogP contribution in [0.4, 0.5) is 0 Å². The predicted octanol–water partition coefficient (Wildman–Crippen LogP) is 4.24. The Morgan fingerprint density at radius 3 is 2.42 bits per heavy atom. The minimum atomic E-state index is 0.255. The molecule has 0 saturated heterocycles. The van der Waals surface area contributed by atoms with E-state index in [0.29, 0.717) is 17.2 Å². The summed E-state index contributed by atoms with van der Waals surface area (Å²) < 4.78 is 0. The van der Waals surface area contributed by atoms with Gasteiger partial charge in [0.2, 0.25) is 5.91 Å². The van der Waals surface area contributed by atoms with Crippen LogP contribution in [0.15, 0.2) is 0 Å². The lowest BCUT2D eigenvalue weighted by molar-refractivity contribution is -0.126. The number of hydrogen-bond donors (Lipinski definition) is 1. The molecule has 0 heterocycles. The van der Waals surface area contributed by atoms with E-state index in [1.165, 1.54) is 6.42 Å². The average Bonchev–Trinajstić information content (AvgIpc) is 2.39. The van der Waals surface area contributed by atoms with Crippen molar-refractivity contribution in [1.29, 1.82) is 0 Å². The molecule has 0 aliphatic heterocycles. The summed E-state index contributed by atoms with van der Waals surface area (Å²) in [6, 6.07) is 0.398. The van der Waals surface area contributed by atoms with E-state index in [1.807, 2.05) is 11.8 Å². The van der Waals surface area contributed by atoms with Crippen molar-refractivity contribution in [2.45, 2.75) is 77.0 Å². The first kappa shape index (κ1) is 16.9. The first-order valence-corrected chi connectivity index (χ1v) is 9.24. The molecule has 2 nitrogen and oxygen atoms in total.